The minimum atomic E-state index is -1.69. The maximum Gasteiger partial charge on any atom is 0.326 e. The van der Waals surface area contributed by atoms with Crippen LogP contribution in [0.3, 0.4) is 0 Å². The van der Waals surface area contributed by atoms with E-state index < -0.39 is 73.1 Å². The average molecular weight is 407 g/mol. The number of carboxylic acid groups (broad SMARTS) is 2. The lowest BCUT2D eigenvalue weighted by molar-refractivity contribution is -0.147. The number of carbonyl (C=O) groups is 6. The SMILES string of the molecule is NC(=O)CC(NC(=O)C(N)CS)C(=O)NCC(=O)NC(CC(=O)O)C(=O)O. The molecule has 0 aliphatic heterocycles. The number of hydrogen-bond acceptors (Lipinski definition) is 8. The number of carboxylic acids is 2. The van der Waals surface area contributed by atoms with Gasteiger partial charge < -0.3 is 37.6 Å². The monoisotopic (exact) mass is 407 g/mol. The second kappa shape index (κ2) is 11.7. The Kier molecular flexibility index (Phi) is 10.4. The molecule has 0 saturated carbocycles. The maximum atomic E-state index is 12.0. The van der Waals surface area contributed by atoms with Gasteiger partial charge in [-0.2, -0.15) is 12.6 Å². The Labute approximate surface area is 158 Å². The minimum absolute atomic E-state index is 0.0285. The van der Waals surface area contributed by atoms with Gasteiger partial charge in [-0.05, 0) is 0 Å². The van der Waals surface area contributed by atoms with E-state index >= 15 is 0 Å². The van der Waals surface area contributed by atoms with Crippen LogP contribution >= 0.6 is 12.6 Å². The number of thiol groups is 1. The second-order valence-corrected chi connectivity index (χ2v) is 5.66. The van der Waals surface area contributed by atoms with E-state index in [2.05, 4.69) is 23.3 Å². The molecule has 0 aromatic heterocycles. The van der Waals surface area contributed by atoms with Gasteiger partial charge in [0.05, 0.1) is 25.4 Å². The molecule has 14 heteroatoms. The Morgan fingerprint density at radius 2 is 1.52 bits per heavy atom. The van der Waals surface area contributed by atoms with E-state index in [0.29, 0.717) is 0 Å². The highest BCUT2D eigenvalue weighted by Crippen LogP contribution is 1.96. The molecule has 3 unspecified atom stereocenters. The number of nitrogens with two attached hydrogens (primary N) is 2. The zero-order valence-corrected chi connectivity index (χ0v) is 14.9. The normalized spacial score (nSPS) is 13.6. The molecule has 0 bridgehead atoms. The van der Waals surface area contributed by atoms with Crippen LogP contribution in [0.2, 0.25) is 0 Å². The molecule has 0 aliphatic carbocycles. The van der Waals surface area contributed by atoms with Gasteiger partial charge in [0.25, 0.3) is 0 Å². The van der Waals surface area contributed by atoms with E-state index in [1.54, 1.807) is 0 Å². The predicted molar refractivity (Wildman–Crippen MR) is 92.4 cm³/mol. The quantitative estimate of drug-likeness (QED) is 0.146. The van der Waals surface area contributed by atoms with Crippen molar-refractivity contribution < 1.29 is 39.0 Å². The number of aliphatic carboxylic acids is 2. The molecule has 0 aromatic carbocycles. The van der Waals surface area contributed by atoms with E-state index in [1.165, 1.54) is 0 Å². The first-order chi connectivity index (χ1) is 12.5. The summed E-state index contributed by atoms with van der Waals surface area (Å²) in [6, 6.07) is -4.16. The van der Waals surface area contributed by atoms with Gasteiger partial charge >= 0.3 is 11.9 Å². The molecule has 0 spiro atoms. The van der Waals surface area contributed by atoms with Crippen LogP contribution in [0.25, 0.3) is 0 Å². The molecular formula is C13H21N5O8S. The molecule has 0 fully saturated rings. The molecule has 0 rings (SSSR count). The van der Waals surface area contributed by atoms with Gasteiger partial charge in [-0.15, -0.1) is 0 Å². The van der Waals surface area contributed by atoms with Gasteiger partial charge in [0, 0.05) is 5.75 Å². The third-order valence-corrected chi connectivity index (χ3v) is 3.40. The fourth-order valence-electron chi connectivity index (χ4n) is 1.68. The lowest BCUT2D eigenvalue weighted by atomic mass is 10.1. The summed E-state index contributed by atoms with van der Waals surface area (Å²) in [5.41, 5.74) is 10.4. The Morgan fingerprint density at radius 1 is 0.926 bits per heavy atom. The predicted octanol–water partition coefficient (Wildman–Crippen LogP) is -4.24. The molecule has 9 N–H and O–H groups in total. The number of amides is 4. The summed E-state index contributed by atoms with van der Waals surface area (Å²) in [4.78, 5) is 67.9. The van der Waals surface area contributed by atoms with Crippen LogP contribution in [0.1, 0.15) is 12.8 Å². The van der Waals surface area contributed by atoms with E-state index in [9.17, 15) is 28.8 Å². The zero-order valence-electron chi connectivity index (χ0n) is 14.0. The average Bonchev–Trinajstić information content (AvgIpc) is 2.56. The Balaban J connectivity index is 4.80. The van der Waals surface area contributed by atoms with Crippen molar-refractivity contribution in [2.24, 2.45) is 11.5 Å². The molecule has 13 nitrogen and oxygen atoms in total. The first kappa shape index (κ1) is 24.1. The summed E-state index contributed by atoms with van der Waals surface area (Å²) in [7, 11) is 0. The molecule has 27 heavy (non-hydrogen) atoms. The summed E-state index contributed by atoms with van der Waals surface area (Å²) < 4.78 is 0. The van der Waals surface area contributed by atoms with E-state index in [1.807, 2.05) is 5.32 Å². The van der Waals surface area contributed by atoms with Crippen LogP contribution in [0.4, 0.5) is 0 Å². The Hall–Kier alpha value is -2.87. The molecule has 0 saturated heterocycles. The van der Waals surface area contributed by atoms with E-state index in [-0.39, 0.29) is 5.75 Å². The molecule has 152 valence electrons. The smallest absolute Gasteiger partial charge is 0.326 e. The van der Waals surface area contributed by atoms with Crippen molar-refractivity contribution in [3.8, 4) is 0 Å². The van der Waals surface area contributed by atoms with Crippen LogP contribution in [-0.2, 0) is 28.8 Å². The third-order valence-electron chi connectivity index (χ3n) is 3.01. The van der Waals surface area contributed by atoms with Gasteiger partial charge in [0.15, 0.2) is 0 Å². The van der Waals surface area contributed by atoms with Gasteiger partial charge in [-0.25, -0.2) is 4.79 Å². The minimum Gasteiger partial charge on any atom is -0.481 e. The highest BCUT2D eigenvalue weighted by molar-refractivity contribution is 7.80. The number of rotatable bonds is 12. The molecule has 0 heterocycles. The summed E-state index contributed by atoms with van der Waals surface area (Å²) in [5, 5.41) is 23.6. The molecule has 4 amide bonds. The van der Waals surface area contributed by atoms with Crippen molar-refractivity contribution in [1.82, 2.24) is 16.0 Å². The lowest BCUT2D eigenvalue weighted by Crippen LogP contribution is -2.54. The summed E-state index contributed by atoms with van der Waals surface area (Å²) in [5.74, 6) is -6.68. The second-order valence-electron chi connectivity index (χ2n) is 5.29. The van der Waals surface area contributed by atoms with Crippen LogP contribution < -0.4 is 27.4 Å². The molecule has 3 atom stereocenters. The number of primary amides is 1. The maximum absolute atomic E-state index is 12.0. The largest absolute Gasteiger partial charge is 0.481 e. The number of nitrogens with one attached hydrogen (secondary N) is 3. The van der Waals surface area contributed by atoms with E-state index in [4.69, 9.17) is 21.7 Å². The number of carbonyl (C=O) groups excluding carboxylic acids is 4. The van der Waals surface area contributed by atoms with Gasteiger partial charge in [0.2, 0.25) is 23.6 Å². The summed E-state index contributed by atoms with van der Waals surface area (Å²) in [6.07, 6.45) is -1.44. The van der Waals surface area contributed by atoms with Gasteiger partial charge in [-0.1, -0.05) is 0 Å². The van der Waals surface area contributed by atoms with Crippen molar-refractivity contribution in [3.63, 3.8) is 0 Å². The van der Waals surface area contributed by atoms with Crippen molar-refractivity contribution in [3.05, 3.63) is 0 Å². The Morgan fingerprint density at radius 3 is 1.96 bits per heavy atom. The molecule has 0 aromatic rings. The van der Waals surface area contributed by atoms with Crippen LogP contribution in [0, 0.1) is 0 Å². The molecular weight excluding hydrogens is 386 g/mol. The van der Waals surface area contributed by atoms with E-state index in [0.717, 1.165) is 0 Å². The zero-order chi connectivity index (χ0) is 21.1. The van der Waals surface area contributed by atoms with Gasteiger partial charge in [-0.3, -0.25) is 24.0 Å². The van der Waals surface area contributed by atoms with Crippen LogP contribution in [0.5, 0.6) is 0 Å². The first-order valence-electron chi connectivity index (χ1n) is 7.44. The van der Waals surface area contributed by atoms with Crippen molar-refractivity contribution >= 4 is 48.2 Å². The fraction of sp³-hybridized carbons (Fsp3) is 0.538. The molecule has 0 radical (unpaired) electrons. The van der Waals surface area contributed by atoms with Crippen molar-refractivity contribution in [2.75, 3.05) is 12.3 Å². The summed E-state index contributed by atoms with van der Waals surface area (Å²) >= 11 is 3.82. The highest BCUT2D eigenvalue weighted by atomic mass is 32.1. The van der Waals surface area contributed by atoms with Crippen molar-refractivity contribution in [2.45, 2.75) is 31.0 Å². The summed E-state index contributed by atoms with van der Waals surface area (Å²) in [6.45, 7) is -0.730. The molecule has 0 aliphatic rings. The van der Waals surface area contributed by atoms with Gasteiger partial charge in [0.1, 0.15) is 12.1 Å². The topological polar surface area (TPSA) is 231 Å². The standard InChI is InChI=1S/C13H21N5O8S/c14-5(4-27)11(23)18-6(1-8(15)19)12(24)16-3-9(20)17-7(13(25)26)2-10(21)22/h5-7,27H,1-4,14H2,(H2,15,19)(H,16,24)(H,17,20)(H,18,23)(H,21,22)(H,25,26). The first-order valence-corrected chi connectivity index (χ1v) is 8.07. The Bertz CT molecular complexity index is 614. The highest BCUT2D eigenvalue weighted by Gasteiger charge is 2.26. The van der Waals surface area contributed by atoms with Crippen molar-refractivity contribution in [1.29, 1.82) is 0 Å². The number of hydrogen-bond donors (Lipinski definition) is 8. The third kappa shape index (κ3) is 10.0. The fourth-order valence-corrected chi connectivity index (χ4v) is 1.85. The van der Waals surface area contributed by atoms with Crippen LogP contribution in [-0.4, -0.2) is 76.2 Å². The van der Waals surface area contributed by atoms with Crippen LogP contribution in [0.15, 0.2) is 0 Å². The lowest BCUT2D eigenvalue weighted by Gasteiger charge is -2.19.